The smallest absolute Gasteiger partial charge is 0.306 e. The number of aliphatic hydroxyl groups is 2. The summed E-state index contributed by atoms with van der Waals surface area (Å²) in [6.45, 7) is 3.04. The molecule has 11 heteroatoms. The first-order valence-corrected chi connectivity index (χ1v) is 10.2. The zero-order valence-corrected chi connectivity index (χ0v) is 17.1. The van der Waals surface area contributed by atoms with E-state index in [0.717, 1.165) is 0 Å². The van der Waals surface area contributed by atoms with E-state index >= 15 is 0 Å². The molecule has 1 heterocycles. The van der Waals surface area contributed by atoms with Crippen molar-refractivity contribution in [2.45, 2.75) is 57.2 Å². The topological polar surface area (TPSA) is 164 Å². The Bertz CT molecular complexity index is 588. The Hall–Kier alpha value is -1.79. The highest BCUT2D eigenvalue weighted by atomic mass is 16.7. The summed E-state index contributed by atoms with van der Waals surface area (Å²) in [7, 11) is 0. The fourth-order valence-corrected chi connectivity index (χ4v) is 3.11. The third kappa shape index (κ3) is 8.52. The quantitative estimate of drug-likeness (QED) is 0.220. The average Bonchev–Trinajstić information content (AvgIpc) is 3.48. The predicted molar refractivity (Wildman–Crippen MR) is 102 cm³/mol. The number of aliphatic hydroxyl groups excluding tert-OH is 2. The summed E-state index contributed by atoms with van der Waals surface area (Å²) in [4.78, 5) is 34.1. The molecule has 5 N–H and O–H groups in total. The molecule has 0 bridgehead atoms. The van der Waals surface area contributed by atoms with Gasteiger partial charge in [0.05, 0.1) is 37.9 Å². The molecule has 30 heavy (non-hydrogen) atoms. The van der Waals surface area contributed by atoms with E-state index in [4.69, 9.17) is 19.3 Å². The Kier molecular flexibility index (Phi) is 9.92. The van der Waals surface area contributed by atoms with Crippen molar-refractivity contribution in [1.82, 2.24) is 10.6 Å². The van der Waals surface area contributed by atoms with E-state index in [1.165, 1.54) is 0 Å². The molecule has 1 saturated carbocycles. The van der Waals surface area contributed by atoms with E-state index < -0.39 is 30.6 Å². The molecule has 2 fully saturated rings. The number of amides is 2. The van der Waals surface area contributed by atoms with Crippen LogP contribution in [0.1, 0.15) is 32.6 Å². The maximum atomic E-state index is 11.7. The number of ether oxygens (including phenoxy) is 3. The number of carbonyl (C=O) groups is 3. The minimum atomic E-state index is -0.893. The zero-order valence-electron chi connectivity index (χ0n) is 17.1. The van der Waals surface area contributed by atoms with Gasteiger partial charge in [0.2, 0.25) is 11.8 Å². The number of carboxylic acid groups (broad SMARTS) is 1. The van der Waals surface area contributed by atoms with Crippen LogP contribution in [-0.2, 0) is 28.6 Å². The Labute approximate surface area is 175 Å². The van der Waals surface area contributed by atoms with Crippen LogP contribution in [0.5, 0.6) is 0 Å². The molecule has 2 rings (SSSR count). The molecule has 0 spiro atoms. The predicted octanol–water partition coefficient (Wildman–Crippen LogP) is -1.39. The number of nitrogens with one attached hydrogen (secondary N) is 2. The van der Waals surface area contributed by atoms with Gasteiger partial charge in [0, 0.05) is 32.4 Å². The van der Waals surface area contributed by atoms with Gasteiger partial charge < -0.3 is 40.2 Å². The molecule has 0 aromatic rings. The zero-order chi connectivity index (χ0) is 22.1. The van der Waals surface area contributed by atoms with Crippen molar-refractivity contribution in [3.8, 4) is 0 Å². The Morgan fingerprint density at radius 3 is 2.37 bits per heavy atom. The molecule has 0 aromatic carbocycles. The number of hydrogen-bond acceptors (Lipinski definition) is 8. The molecule has 1 saturated heterocycles. The monoisotopic (exact) mass is 432 g/mol. The molecule has 2 amide bonds. The summed E-state index contributed by atoms with van der Waals surface area (Å²) < 4.78 is 16.1. The Morgan fingerprint density at radius 1 is 1.00 bits per heavy atom. The molecule has 2 aliphatic rings. The maximum Gasteiger partial charge on any atom is 0.306 e. The molecule has 1 aliphatic heterocycles. The summed E-state index contributed by atoms with van der Waals surface area (Å²) in [5, 5.41) is 33.5. The Morgan fingerprint density at radius 2 is 1.70 bits per heavy atom. The molecule has 11 nitrogen and oxygen atoms in total. The van der Waals surface area contributed by atoms with Gasteiger partial charge in [-0.05, 0) is 19.3 Å². The summed E-state index contributed by atoms with van der Waals surface area (Å²) in [6.07, 6.45) is -1.95. The number of rotatable bonds is 13. The maximum absolute atomic E-state index is 11.7. The molecule has 172 valence electrons. The van der Waals surface area contributed by atoms with Crippen molar-refractivity contribution in [1.29, 1.82) is 0 Å². The van der Waals surface area contributed by atoms with Gasteiger partial charge in [0.25, 0.3) is 0 Å². The third-order valence-electron chi connectivity index (χ3n) is 5.15. The van der Waals surface area contributed by atoms with E-state index in [-0.39, 0.29) is 69.3 Å². The third-order valence-corrected chi connectivity index (χ3v) is 5.15. The fourth-order valence-electron chi connectivity index (χ4n) is 3.11. The van der Waals surface area contributed by atoms with E-state index in [2.05, 4.69) is 10.6 Å². The summed E-state index contributed by atoms with van der Waals surface area (Å²) in [6, 6.07) is 0. The number of aliphatic carboxylic acids is 1. The lowest BCUT2D eigenvalue weighted by molar-refractivity contribution is -0.263. The second kappa shape index (κ2) is 12.2. The SMILES string of the molecule is C[C@@H]1OC(OCCOCCNC(=O)CCC(=O)NCC2CC2C(=O)O)[C@H](O)CC1O. The van der Waals surface area contributed by atoms with Crippen LogP contribution >= 0.6 is 0 Å². The summed E-state index contributed by atoms with van der Waals surface area (Å²) in [5.74, 6) is -1.76. The van der Waals surface area contributed by atoms with Crippen molar-refractivity contribution >= 4 is 17.8 Å². The van der Waals surface area contributed by atoms with Gasteiger partial charge in [0.1, 0.15) is 6.10 Å². The van der Waals surface area contributed by atoms with E-state index in [9.17, 15) is 24.6 Å². The van der Waals surface area contributed by atoms with Gasteiger partial charge in [-0.1, -0.05) is 0 Å². The molecule has 6 atom stereocenters. The lowest BCUT2D eigenvalue weighted by atomic mass is 10.0. The van der Waals surface area contributed by atoms with Gasteiger partial charge >= 0.3 is 5.97 Å². The van der Waals surface area contributed by atoms with Crippen molar-refractivity contribution in [2.75, 3.05) is 32.9 Å². The fraction of sp³-hybridized carbons (Fsp3) is 0.842. The van der Waals surface area contributed by atoms with Crippen molar-refractivity contribution in [2.24, 2.45) is 11.8 Å². The standard InChI is InChI=1S/C19H32N2O9/c1-11-14(22)9-15(23)19(30-11)29-7-6-28-5-4-20-16(24)2-3-17(25)21-10-12-8-13(12)18(26)27/h11-15,19,22-23H,2-10H2,1H3,(H,20,24)(H,21,25)(H,26,27)/t11-,12?,13?,14?,15+,19?/m0/s1. The second-order valence-corrected chi connectivity index (χ2v) is 7.66. The van der Waals surface area contributed by atoms with Crippen LogP contribution < -0.4 is 10.6 Å². The van der Waals surface area contributed by atoms with E-state index in [1.54, 1.807) is 6.92 Å². The first-order valence-electron chi connectivity index (χ1n) is 10.2. The normalized spacial score (nSPS) is 30.5. The van der Waals surface area contributed by atoms with Crippen LogP contribution in [0.25, 0.3) is 0 Å². The number of hydrogen-bond donors (Lipinski definition) is 5. The van der Waals surface area contributed by atoms with Crippen LogP contribution in [0.15, 0.2) is 0 Å². The van der Waals surface area contributed by atoms with Crippen LogP contribution in [0, 0.1) is 11.8 Å². The molecular formula is C19H32N2O9. The summed E-state index contributed by atoms with van der Waals surface area (Å²) in [5.41, 5.74) is 0. The lowest BCUT2D eigenvalue weighted by Gasteiger charge is -2.35. The van der Waals surface area contributed by atoms with Gasteiger partial charge in [-0.2, -0.15) is 0 Å². The van der Waals surface area contributed by atoms with Gasteiger partial charge in [-0.25, -0.2) is 0 Å². The van der Waals surface area contributed by atoms with Crippen molar-refractivity contribution in [3.05, 3.63) is 0 Å². The molecule has 1 aliphatic carbocycles. The van der Waals surface area contributed by atoms with Crippen molar-refractivity contribution < 1.29 is 43.9 Å². The first kappa shape index (κ1) is 24.5. The van der Waals surface area contributed by atoms with Crippen LogP contribution in [0.3, 0.4) is 0 Å². The average molecular weight is 432 g/mol. The molecule has 0 aromatic heterocycles. The van der Waals surface area contributed by atoms with E-state index in [1.807, 2.05) is 0 Å². The van der Waals surface area contributed by atoms with Gasteiger partial charge in [0.15, 0.2) is 6.29 Å². The number of carbonyl (C=O) groups excluding carboxylic acids is 2. The lowest BCUT2D eigenvalue weighted by Crippen LogP contribution is -2.47. The minimum absolute atomic E-state index is 0.00987. The van der Waals surface area contributed by atoms with Gasteiger partial charge in [-0.15, -0.1) is 0 Å². The first-order chi connectivity index (χ1) is 14.3. The van der Waals surface area contributed by atoms with Crippen LogP contribution in [0.4, 0.5) is 0 Å². The van der Waals surface area contributed by atoms with Crippen LogP contribution in [0.2, 0.25) is 0 Å². The van der Waals surface area contributed by atoms with Crippen LogP contribution in [-0.4, -0.2) is 90.6 Å². The van der Waals surface area contributed by atoms with Gasteiger partial charge in [-0.3, -0.25) is 14.4 Å². The van der Waals surface area contributed by atoms with Crippen molar-refractivity contribution in [3.63, 3.8) is 0 Å². The second-order valence-electron chi connectivity index (χ2n) is 7.66. The van der Waals surface area contributed by atoms with E-state index in [0.29, 0.717) is 13.0 Å². The molecule has 0 radical (unpaired) electrons. The highest BCUT2D eigenvalue weighted by Crippen LogP contribution is 2.37. The minimum Gasteiger partial charge on any atom is -0.481 e. The summed E-state index contributed by atoms with van der Waals surface area (Å²) >= 11 is 0. The molecular weight excluding hydrogens is 400 g/mol. The number of carboxylic acids is 1. The highest BCUT2D eigenvalue weighted by Gasteiger charge is 2.42. The largest absolute Gasteiger partial charge is 0.481 e. The Balaban J connectivity index is 1.41. The molecule has 4 unspecified atom stereocenters. The highest BCUT2D eigenvalue weighted by molar-refractivity contribution is 5.83.